The van der Waals surface area contributed by atoms with Gasteiger partial charge in [0.1, 0.15) is 0 Å². The van der Waals surface area contributed by atoms with Crippen LogP contribution >= 0.6 is 0 Å². The number of fused-ring (bicyclic) bond motifs is 8. The summed E-state index contributed by atoms with van der Waals surface area (Å²) in [6.45, 7) is 0. The molecule has 0 fully saturated rings. The minimum absolute atomic E-state index is 0.645. The molecule has 0 unspecified atom stereocenters. The Morgan fingerprint density at radius 1 is 0.276 bits per heavy atom. The normalized spacial score (nSPS) is 11.8. The van der Waals surface area contributed by atoms with Crippen LogP contribution < -0.4 is 0 Å². The first-order valence-electron chi connectivity index (χ1n) is 19.6. The molecule has 58 heavy (non-hydrogen) atoms. The molecule has 12 aromatic rings. The molecule has 0 bridgehead atoms. The maximum Gasteiger partial charge on any atom is 0.0998 e. The number of hydrogen-bond acceptors (Lipinski definition) is 2. The van der Waals surface area contributed by atoms with Crippen LogP contribution in [-0.4, -0.2) is 0 Å². The zero-order valence-corrected chi connectivity index (χ0v) is 31.2. The lowest BCUT2D eigenvalue weighted by Gasteiger charge is -2.20. The molecule has 2 nitrogen and oxygen atoms in total. The Balaban J connectivity index is 1.37. The van der Waals surface area contributed by atoms with Gasteiger partial charge in [0.15, 0.2) is 0 Å². The zero-order chi connectivity index (χ0) is 38.5. The monoisotopic (exact) mass is 730 g/mol. The molecule has 0 saturated carbocycles. The van der Waals surface area contributed by atoms with E-state index in [-0.39, 0.29) is 0 Å². The van der Waals surface area contributed by atoms with Crippen LogP contribution in [0.4, 0.5) is 0 Å². The summed E-state index contributed by atoms with van der Waals surface area (Å²) in [6.07, 6.45) is 0. The summed E-state index contributed by atoms with van der Waals surface area (Å²) in [5.74, 6) is 0. The fourth-order valence-electron chi connectivity index (χ4n) is 10.0. The van der Waals surface area contributed by atoms with Gasteiger partial charge in [-0.15, -0.1) is 0 Å². The third-order valence-electron chi connectivity index (χ3n) is 12.4. The minimum Gasteiger partial charge on any atom is -0.192 e. The van der Waals surface area contributed by atoms with Gasteiger partial charge < -0.3 is 0 Å². The highest BCUT2D eigenvalue weighted by molar-refractivity contribution is 6.44. The third-order valence-corrected chi connectivity index (χ3v) is 12.4. The minimum atomic E-state index is 0.645. The highest BCUT2D eigenvalue weighted by atomic mass is 14.3. The molecule has 264 valence electrons. The predicted octanol–water partition coefficient (Wildman–Crippen LogP) is 15.0. The Morgan fingerprint density at radius 2 is 0.741 bits per heavy atom. The van der Waals surface area contributed by atoms with Crippen molar-refractivity contribution >= 4 is 75.4 Å². The molecule has 0 heterocycles. The van der Waals surface area contributed by atoms with E-state index in [9.17, 15) is 10.5 Å². The molecule has 0 radical (unpaired) electrons. The van der Waals surface area contributed by atoms with Gasteiger partial charge in [-0.3, -0.25) is 0 Å². The number of nitrogens with zero attached hydrogens (tertiary/aromatic N) is 2. The van der Waals surface area contributed by atoms with Crippen molar-refractivity contribution in [1.82, 2.24) is 0 Å². The van der Waals surface area contributed by atoms with Crippen LogP contribution in [0, 0.1) is 22.7 Å². The predicted molar refractivity (Wildman–Crippen MR) is 243 cm³/mol. The second-order valence-electron chi connectivity index (χ2n) is 15.3. The van der Waals surface area contributed by atoms with Crippen LogP contribution in [0.1, 0.15) is 11.1 Å². The fourth-order valence-corrected chi connectivity index (χ4v) is 10.0. The molecule has 0 aromatic heterocycles. The lowest BCUT2D eigenvalue weighted by Crippen LogP contribution is -1.94. The van der Waals surface area contributed by atoms with Crippen LogP contribution in [0.3, 0.4) is 0 Å². The van der Waals surface area contributed by atoms with Crippen LogP contribution in [0.2, 0.25) is 0 Å². The summed E-state index contributed by atoms with van der Waals surface area (Å²) >= 11 is 0. The van der Waals surface area contributed by atoms with Crippen molar-refractivity contribution in [3.8, 4) is 56.6 Å². The third kappa shape index (κ3) is 4.40. The smallest absolute Gasteiger partial charge is 0.0998 e. The van der Waals surface area contributed by atoms with Crippen LogP contribution in [0.25, 0.3) is 120 Å². The molecule has 0 aliphatic rings. The van der Waals surface area contributed by atoms with E-state index in [4.69, 9.17) is 0 Å². The molecule has 2 heteroatoms. The second-order valence-corrected chi connectivity index (χ2v) is 15.3. The number of nitriles is 2. The first-order chi connectivity index (χ1) is 28.7. The van der Waals surface area contributed by atoms with E-state index in [1.54, 1.807) is 0 Å². The Kier molecular flexibility index (Phi) is 6.80. The van der Waals surface area contributed by atoms with Crippen molar-refractivity contribution in [2.75, 3.05) is 0 Å². The quantitative estimate of drug-likeness (QED) is 0.169. The van der Waals surface area contributed by atoms with E-state index in [0.29, 0.717) is 11.1 Å². The van der Waals surface area contributed by atoms with Gasteiger partial charge in [-0.25, -0.2) is 0 Å². The average Bonchev–Trinajstić information content (AvgIpc) is 3.80. The first kappa shape index (κ1) is 32.2. The van der Waals surface area contributed by atoms with Crippen molar-refractivity contribution in [1.29, 1.82) is 10.5 Å². The lowest BCUT2D eigenvalue weighted by molar-refractivity contribution is 1.48. The van der Waals surface area contributed by atoms with Crippen molar-refractivity contribution in [3.63, 3.8) is 0 Å². The molecule has 12 aromatic carbocycles. The Hall–Kier alpha value is -8.04. The largest absolute Gasteiger partial charge is 0.192 e. The molecule has 0 aliphatic carbocycles. The zero-order valence-electron chi connectivity index (χ0n) is 31.2. The van der Waals surface area contributed by atoms with Crippen molar-refractivity contribution in [3.05, 3.63) is 193 Å². The molecule has 0 saturated heterocycles. The van der Waals surface area contributed by atoms with E-state index < -0.39 is 0 Å². The van der Waals surface area contributed by atoms with Crippen molar-refractivity contribution in [2.45, 2.75) is 0 Å². The maximum absolute atomic E-state index is 10.4. The van der Waals surface area contributed by atoms with Gasteiger partial charge in [0.05, 0.1) is 23.3 Å². The van der Waals surface area contributed by atoms with Crippen LogP contribution in [0.15, 0.2) is 182 Å². The summed E-state index contributed by atoms with van der Waals surface area (Å²) in [7, 11) is 0. The van der Waals surface area contributed by atoms with Gasteiger partial charge >= 0.3 is 0 Å². The molecule has 0 spiro atoms. The molecule has 0 amide bonds. The topological polar surface area (TPSA) is 47.6 Å². The Labute approximate surface area is 334 Å². The highest BCUT2D eigenvalue weighted by Gasteiger charge is 2.27. The molecule has 0 N–H and O–H groups in total. The molecule has 0 aliphatic heterocycles. The van der Waals surface area contributed by atoms with E-state index in [1.165, 1.54) is 70.0 Å². The van der Waals surface area contributed by atoms with Gasteiger partial charge in [-0.1, -0.05) is 152 Å². The second kappa shape index (κ2) is 12.2. The van der Waals surface area contributed by atoms with Gasteiger partial charge in [0.25, 0.3) is 0 Å². The molecular formula is C56H30N2. The van der Waals surface area contributed by atoms with E-state index in [1.807, 2.05) is 48.5 Å². The summed E-state index contributed by atoms with van der Waals surface area (Å²) in [5, 5.41) is 37.8. The number of rotatable bonds is 4. The van der Waals surface area contributed by atoms with E-state index in [2.05, 4.69) is 146 Å². The van der Waals surface area contributed by atoms with Gasteiger partial charge in [-0.05, 0) is 139 Å². The Morgan fingerprint density at radius 3 is 1.33 bits per heavy atom. The summed E-state index contributed by atoms with van der Waals surface area (Å²) in [5.41, 5.74) is 9.59. The van der Waals surface area contributed by atoms with E-state index in [0.717, 1.165) is 49.9 Å². The first-order valence-corrected chi connectivity index (χ1v) is 19.6. The van der Waals surface area contributed by atoms with Crippen molar-refractivity contribution < 1.29 is 0 Å². The summed E-state index contributed by atoms with van der Waals surface area (Å²) in [6, 6.07) is 69.6. The van der Waals surface area contributed by atoms with Crippen molar-refractivity contribution in [2.24, 2.45) is 0 Å². The lowest BCUT2D eigenvalue weighted by atomic mass is 9.82. The Bertz CT molecular complexity index is 3730. The SMILES string of the molecule is N#Cc1ccc(-c2c3cc4c5ccccc5c5cccc(c3c(-c3ccc(C#N)c(-c6ccccc6)c3)c3c6cccc7cccc(c23)c76)c54)cc1-c1ccccc1. The fraction of sp³-hybridized carbons (Fsp3) is 0. The van der Waals surface area contributed by atoms with E-state index >= 15 is 0 Å². The van der Waals surface area contributed by atoms with Crippen LogP contribution in [-0.2, 0) is 0 Å². The summed E-state index contributed by atoms with van der Waals surface area (Å²) in [4.78, 5) is 0. The number of benzene rings is 10. The maximum atomic E-state index is 10.4. The average molecular weight is 731 g/mol. The van der Waals surface area contributed by atoms with Gasteiger partial charge in [0, 0.05) is 11.1 Å². The molecule has 12 rings (SSSR count). The standard InChI is InChI=1S/C56H30N2/c57-31-38-26-24-36(28-46(38)33-12-3-1-4-13-33)51-49-30-48-41-19-8-7-18-40(41)42-20-11-23-45(53(42)48)54(49)52(37-25-27-39(32-58)47(29-37)34-14-5-2-6-15-34)56-44-22-10-17-35-16-9-21-43(50(35)44)55(51)56/h1-30H. The number of hydrogen-bond donors (Lipinski definition) is 0. The van der Waals surface area contributed by atoms with Crippen LogP contribution in [0.5, 0.6) is 0 Å². The van der Waals surface area contributed by atoms with Gasteiger partial charge in [-0.2, -0.15) is 10.5 Å². The molecule has 0 atom stereocenters. The van der Waals surface area contributed by atoms with Gasteiger partial charge in [0.2, 0.25) is 0 Å². The molecular weight excluding hydrogens is 701 g/mol. The highest BCUT2D eigenvalue weighted by Crippen LogP contribution is 2.55. The summed E-state index contributed by atoms with van der Waals surface area (Å²) < 4.78 is 0.